The summed E-state index contributed by atoms with van der Waals surface area (Å²) in [6.07, 6.45) is -0.525. The van der Waals surface area contributed by atoms with Gasteiger partial charge in [-0.05, 0) is 52.0 Å². The highest BCUT2D eigenvalue weighted by Gasteiger charge is 2.21. The highest BCUT2D eigenvalue weighted by molar-refractivity contribution is 9.10. The van der Waals surface area contributed by atoms with E-state index in [1.54, 1.807) is 27.7 Å². The first kappa shape index (κ1) is 16.5. The third kappa shape index (κ3) is 4.56. The standard InChI is InChI=1S/C15H18BrN3O3/c1-9(17-14(20)21-15(2,3)4)13-18-12(19-22-13)10-5-7-11(16)8-6-10/h5-9H,1-4H3,(H,17,20). The average Bonchev–Trinajstić information content (AvgIpc) is 2.86. The summed E-state index contributed by atoms with van der Waals surface area (Å²) in [5.41, 5.74) is 0.281. The maximum Gasteiger partial charge on any atom is 0.408 e. The lowest BCUT2D eigenvalue weighted by molar-refractivity contribution is 0.0499. The monoisotopic (exact) mass is 367 g/mol. The second kappa shape index (κ2) is 6.48. The Morgan fingerprint density at radius 2 is 1.95 bits per heavy atom. The smallest absolute Gasteiger partial charge is 0.408 e. The summed E-state index contributed by atoms with van der Waals surface area (Å²) in [7, 11) is 0. The third-order valence-electron chi connectivity index (χ3n) is 2.65. The maximum atomic E-state index is 11.7. The number of alkyl carbamates (subject to hydrolysis) is 1. The van der Waals surface area contributed by atoms with Gasteiger partial charge >= 0.3 is 6.09 Å². The first-order chi connectivity index (χ1) is 10.2. The quantitative estimate of drug-likeness (QED) is 0.883. The van der Waals surface area contributed by atoms with Crippen molar-refractivity contribution in [3.63, 3.8) is 0 Å². The fourth-order valence-electron chi connectivity index (χ4n) is 1.67. The van der Waals surface area contributed by atoms with Crippen LogP contribution in [0.4, 0.5) is 4.79 Å². The van der Waals surface area contributed by atoms with Gasteiger partial charge in [0.2, 0.25) is 11.7 Å². The fraction of sp³-hybridized carbons (Fsp3) is 0.400. The van der Waals surface area contributed by atoms with Gasteiger partial charge in [-0.15, -0.1) is 0 Å². The van der Waals surface area contributed by atoms with Crippen LogP contribution in [0, 0.1) is 0 Å². The molecule has 0 aliphatic carbocycles. The molecular formula is C15H18BrN3O3. The summed E-state index contributed by atoms with van der Waals surface area (Å²) in [6.45, 7) is 7.16. The van der Waals surface area contributed by atoms with E-state index in [9.17, 15) is 4.79 Å². The van der Waals surface area contributed by atoms with E-state index in [4.69, 9.17) is 9.26 Å². The summed E-state index contributed by atoms with van der Waals surface area (Å²) in [4.78, 5) is 16.0. The molecule has 1 N–H and O–H groups in total. The van der Waals surface area contributed by atoms with E-state index in [1.807, 2.05) is 24.3 Å². The number of ether oxygens (including phenoxy) is 1. The lowest BCUT2D eigenvalue weighted by Crippen LogP contribution is -2.34. The van der Waals surface area contributed by atoms with E-state index in [-0.39, 0.29) is 0 Å². The number of nitrogens with one attached hydrogen (secondary N) is 1. The lowest BCUT2D eigenvalue weighted by atomic mass is 10.2. The number of aromatic nitrogens is 2. The van der Waals surface area contributed by atoms with Gasteiger partial charge in [-0.25, -0.2) is 4.79 Å². The van der Waals surface area contributed by atoms with Crippen molar-refractivity contribution >= 4 is 22.0 Å². The van der Waals surface area contributed by atoms with E-state index < -0.39 is 17.7 Å². The van der Waals surface area contributed by atoms with Crippen LogP contribution in [0.1, 0.15) is 39.6 Å². The highest BCUT2D eigenvalue weighted by atomic mass is 79.9. The van der Waals surface area contributed by atoms with Crippen molar-refractivity contribution in [2.45, 2.75) is 39.3 Å². The minimum Gasteiger partial charge on any atom is -0.444 e. The first-order valence-corrected chi connectivity index (χ1v) is 7.63. The zero-order chi connectivity index (χ0) is 16.3. The molecule has 1 atom stereocenters. The molecule has 118 valence electrons. The summed E-state index contributed by atoms with van der Waals surface area (Å²) in [5.74, 6) is 0.795. The Balaban J connectivity index is 2.04. The van der Waals surface area contributed by atoms with Gasteiger partial charge in [0.1, 0.15) is 11.6 Å². The Bertz CT molecular complexity index is 647. The summed E-state index contributed by atoms with van der Waals surface area (Å²) >= 11 is 3.37. The molecule has 0 aliphatic rings. The van der Waals surface area contributed by atoms with Crippen molar-refractivity contribution in [1.82, 2.24) is 15.5 Å². The molecule has 1 aromatic carbocycles. The molecule has 1 unspecified atom stereocenters. The minimum atomic E-state index is -0.554. The van der Waals surface area contributed by atoms with Crippen LogP contribution in [0.3, 0.4) is 0 Å². The van der Waals surface area contributed by atoms with Crippen LogP contribution >= 0.6 is 15.9 Å². The number of amides is 1. The van der Waals surface area contributed by atoms with E-state index in [0.29, 0.717) is 11.7 Å². The molecule has 0 saturated carbocycles. The Kier molecular flexibility index (Phi) is 4.85. The summed E-state index contributed by atoms with van der Waals surface area (Å²) < 4.78 is 11.4. The van der Waals surface area contributed by atoms with Crippen LogP contribution < -0.4 is 5.32 Å². The van der Waals surface area contributed by atoms with E-state index >= 15 is 0 Å². The van der Waals surface area contributed by atoms with Gasteiger partial charge in [0.15, 0.2) is 0 Å². The molecule has 0 fully saturated rings. The number of hydrogen-bond acceptors (Lipinski definition) is 5. The largest absolute Gasteiger partial charge is 0.444 e. The Hall–Kier alpha value is -1.89. The van der Waals surface area contributed by atoms with Crippen LogP contribution in [0.15, 0.2) is 33.3 Å². The summed E-state index contributed by atoms with van der Waals surface area (Å²) in [5, 5.41) is 6.59. The molecule has 1 amide bonds. The Morgan fingerprint density at radius 3 is 2.55 bits per heavy atom. The van der Waals surface area contributed by atoms with Gasteiger partial charge in [-0.2, -0.15) is 4.98 Å². The third-order valence-corrected chi connectivity index (χ3v) is 3.18. The minimum absolute atomic E-state index is 0.323. The number of carbonyl (C=O) groups is 1. The average molecular weight is 368 g/mol. The summed E-state index contributed by atoms with van der Waals surface area (Å²) in [6, 6.07) is 7.11. The SMILES string of the molecule is CC(NC(=O)OC(C)(C)C)c1nc(-c2ccc(Br)cc2)no1. The van der Waals surface area contributed by atoms with Crippen molar-refractivity contribution in [3.8, 4) is 11.4 Å². The van der Waals surface area contributed by atoms with Crippen LogP contribution in [-0.4, -0.2) is 21.8 Å². The van der Waals surface area contributed by atoms with Crippen molar-refractivity contribution in [2.24, 2.45) is 0 Å². The molecule has 2 aromatic rings. The molecule has 7 heteroatoms. The topological polar surface area (TPSA) is 77.2 Å². The molecule has 2 rings (SSSR count). The van der Waals surface area contributed by atoms with E-state index in [1.165, 1.54) is 0 Å². The van der Waals surface area contributed by atoms with Crippen molar-refractivity contribution in [1.29, 1.82) is 0 Å². The predicted octanol–water partition coefficient (Wildman–Crippen LogP) is 4.08. The van der Waals surface area contributed by atoms with Gasteiger partial charge in [0.25, 0.3) is 0 Å². The Morgan fingerprint density at radius 1 is 1.32 bits per heavy atom. The van der Waals surface area contributed by atoms with Crippen molar-refractivity contribution in [3.05, 3.63) is 34.6 Å². The number of nitrogens with zero attached hydrogens (tertiary/aromatic N) is 2. The number of halogens is 1. The molecule has 1 aromatic heterocycles. The molecule has 0 aliphatic heterocycles. The van der Waals surface area contributed by atoms with E-state index in [0.717, 1.165) is 10.0 Å². The zero-order valence-electron chi connectivity index (χ0n) is 12.9. The van der Waals surface area contributed by atoms with Gasteiger partial charge in [0, 0.05) is 10.0 Å². The normalized spacial score (nSPS) is 12.8. The highest BCUT2D eigenvalue weighted by Crippen LogP contribution is 2.21. The molecule has 0 saturated heterocycles. The molecule has 22 heavy (non-hydrogen) atoms. The number of hydrogen-bond donors (Lipinski definition) is 1. The molecule has 0 spiro atoms. The maximum absolute atomic E-state index is 11.7. The lowest BCUT2D eigenvalue weighted by Gasteiger charge is -2.20. The van der Waals surface area contributed by atoms with Crippen LogP contribution in [0.5, 0.6) is 0 Å². The molecule has 0 bridgehead atoms. The van der Waals surface area contributed by atoms with Crippen LogP contribution in [0.2, 0.25) is 0 Å². The second-order valence-electron chi connectivity index (χ2n) is 5.83. The number of benzene rings is 1. The number of rotatable bonds is 3. The van der Waals surface area contributed by atoms with Crippen LogP contribution in [-0.2, 0) is 4.74 Å². The van der Waals surface area contributed by atoms with E-state index in [2.05, 4.69) is 31.4 Å². The second-order valence-corrected chi connectivity index (χ2v) is 6.75. The fourth-order valence-corrected chi connectivity index (χ4v) is 1.94. The van der Waals surface area contributed by atoms with Crippen molar-refractivity contribution < 1.29 is 14.1 Å². The molecular weight excluding hydrogens is 350 g/mol. The van der Waals surface area contributed by atoms with Crippen LogP contribution in [0.25, 0.3) is 11.4 Å². The van der Waals surface area contributed by atoms with Gasteiger partial charge in [-0.3, -0.25) is 0 Å². The predicted molar refractivity (Wildman–Crippen MR) is 85.2 cm³/mol. The van der Waals surface area contributed by atoms with Crippen molar-refractivity contribution in [2.75, 3.05) is 0 Å². The molecule has 0 radical (unpaired) electrons. The van der Waals surface area contributed by atoms with Gasteiger partial charge < -0.3 is 14.6 Å². The zero-order valence-corrected chi connectivity index (χ0v) is 14.5. The first-order valence-electron chi connectivity index (χ1n) is 6.83. The Labute approximate surface area is 137 Å². The number of carbonyl (C=O) groups excluding carboxylic acids is 1. The van der Waals surface area contributed by atoms with Gasteiger partial charge in [-0.1, -0.05) is 21.1 Å². The van der Waals surface area contributed by atoms with Gasteiger partial charge in [0.05, 0.1) is 0 Å². The molecule has 6 nitrogen and oxygen atoms in total. The molecule has 1 heterocycles.